The topological polar surface area (TPSA) is 55.8 Å². The number of aldehydes is 1. The second kappa shape index (κ2) is 9.48. The van der Waals surface area contributed by atoms with E-state index in [2.05, 4.69) is 67.7 Å². The van der Waals surface area contributed by atoms with Gasteiger partial charge in [-0.3, -0.25) is 4.79 Å². The molecule has 4 nitrogen and oxygen atoms in total. The van der Waals surface area contributed by atoms with Crippen molar-refractivity contribution in [3.05, 3.63) is 11.6 Å². The largest absolute Gasteiger partial charge is 0.414 e. The number of carbonyl (C=O) groups excluding carboxylic acids is 1. The van der Waals surface area contributed by atoms with Gasteiger partial charge in [-0.25, -0.2) is 0 Å². The summed E-state index contributed by atoms with van der Waals surface area (Å²) in [6.45, 7) is 25.7. The molecule has 160 valence electrons. The van der Waals surface area contributed by atoms with Crippen molar-refractivity contribution in [2.45, 2.75) is 116 Å². The predicted octanol–water partition coefficient (Wildman–Crippen LogP) is 5.68. The van der Waals surface area contributed by atoms with Crippen molar-refractivity contribution < 1.29 is 18.8 Å². The number of aliphatic hydroxyl groups is 1. The van der Waals surface area contributed by atoms with E-state index in [4.69, 9.17) is 8.85 Å². The molecule has 1 unspecified atom stereocenters. The summed E-state index contributed by atoms with van der Waals surface area (Å²) in [6.07, 6.45) is 1.77. The molecule has 0 aromatic carbocycles. The van der Waals surface area contributed by atoms with Crippen LogP contribution < -0.4 is 0 Å². The minimum atomic E-state index is -2.09. The highest BCUT2D eigenvalue weighted by molar-refractivity contribution is 6.74. The minimum Gasteiger partial charge on any atom is -0.414 e. The van der Waals surface area contributed by atoms with Crippen LogP contribution in [0.3, 0.4) is 0 Å². The molecule has 0 radical (unpaired) electrons. The van der Waals surface area contributed by atoms with Crippen LogP contribution in [0.2, 0.25) is 36.3 Å². The van der Waals surface area contributed by atoms with E-state index in [0.29, 0.717) is 12.0 Å². The quantitative estimate of drug-likeness (QED) is 0.298. The Morgan fingerprint density at radius 1 is 0.963 bits per heavy atom. The standard InChI is InChI=1S/C21H44O4Si2/c1-16(15-22)13-19(25-27(11,12)21(6,7)8)18(23)14-17(2)24-26(9,10)20(3,4)5/h13,15,17-19,23H,14H2,1-12H3/b16-13+/t17?,18-,19-/m1/s1. The van der Waals surface area contributed by atoms with Crippen LogP contribution in [0.15, 0.2) is 11.6 Å². The predicted molar refractivity (Wildman–Crippen MR) is 120 cm³/mol. The van der Waals surface area contributed by atoms with Crippen LogP contribution in [0, 0.1) is 0 Å². The normalized spacial score (nSPS) is 18.2. The van der Waals surface area contributed by atoms with Crippen LogP contribution in [0.25, 0.3) is 0 Å². The van der Waals surface area contributed by atoms with Gasteiger partial charge in [-0.1, -0.05) is 41.5 Å². The fourth-order valence-corrected chi connectivity index (χ4v) is 4.96. The molecule has 0 saturated heterocycles. The second-order valence-corrected chi connectivity index (χ2v) is 20.4. The van der Waals surface area contributed by atoms with Crippen LogP contribution in [0.1, 0.15) is 61.8 Å². The van der Waals surface area contributed by atoms with Gasteiger partial charge in [-0.15, -0.1) is 0 Å². The molecule has 0 aromatic heterocycles. The lowest BCUT2D eigenvalue weighted by Crippen LogP contribution is -2.48. The van der Waals surface area contributed by atoms with Crippen molar-refractivity contribution in [3.8, 4) is 0 Å². The van der Waals surface area contributed by atoms with E-state index in [1.54, 1.807) is 13.0 Å². The highest BCUT2D eigenvalue weighted by Gasteiger charge is 2.41. The Morgan fingerprint density at radius 3 is 1.74 bits per heavy atom. The Bertz CT molecular complexity index is 513. The van der Waals surface area contributed by atoms with Gasteiger partial charge in [0.15, 0.2) is 16.6 Å². The zero-order valence-corrected chi connectivity index (χ0v) is 21.8. The molecule has 3 atom stereocenters. The molecule has 27 heavy (non-hydrogen) atoms. The molecule has 0 amide bonds. The summed E-state index contributed by atoms with van der Waals surface area (Å²) in [5.41, 5.74) is 0.579. The van der Waals surface area contributed by atoms with Crippen LogP contribution in [-0.2, 0) is 13.6 Å². The lowest BCUT2D eigenvalue weighted by molar-refractivity contribution is -0.104. The molecule has 0 saturated carbocycles. The first kappa shape index (κ1) is 26.7. The number of allylic oxidation sites excluding steroid dienone is 1. The van der Waals surface area contributed by atoms with E-state index in [1.165, 1.54) is 0 Å². The fraction of sp³-hybridized carbons (Fsp3) is 0.857. The zero-order valence-electron chi connectivity index (χ0n) is 19.8. The third-order valence-electron chi connectivity index (χ3n) is 6.10. The average Bonchev–Trinajstić information content (AvgIpc) is 2.42. The first-order chi connectivity index (χ1) is 11.8. The molecule has 0 aliphatic rings. The fourth-order valence-electron chi connectivity index (χ4n) is 2.24. The molecular formula is C21H44O4Si2. The lowest BCUT2D eigenvalue weighted by atomic mass is 10.1. The molecule has 0 aliphatic carbocycles. The molecule has 0 aromatic rings. The van der Waals surface area contributed by atoms with Crippen molar-refractivity contribution in [2.75, 3.05) is 0 Å². The van der Waals surface area contributed by atoms with Crippen molar-refractivity contribution >= 4 is 22.9 Å². The number of carbonyl (C=O) groups is 1. The maximum atomic E-state index is 11.1. The van der Waals surface area contributed by atoms with Gasteiger partial charge in [0.2, 0.25) is 0 Å². The molecular weight excluding hydrogens is 372 g/mol. The zero-order chi connectivity index (χ0) is 21.8. The van der Waals surface area contributed by atoms with Crippen LogP contribution in [0.5, 0.6) is 0 Å². The van der Waals surface area contributed by atoms with Crippen molar-refractivity contribution in [2.24, 2.45) is 0 Å². The number of aliphatic hydroxyl groups excluding tert-OH is 1. The smallest absolute Gasteiger partial charge is 0.193 e. The van der Waals surface area contributed by atoms with Gasteiger partial charge in [0, 0.05) is 12.5 Å². The van der Waals surface area contributed by atoms with Crippen LogP contribution >= 0.6 is 0 Å². The van der Waals surface area contributed by atoms with Gasteiger partial charge in [0.25, 0.3) is 0 Å². The third-order valence-corrected chi connectivity index (χ3v) is 15.2. The summed E-state index contributed by atoms with van der Waals surface area (Å²) >= 11 is 0. The molecule has 0 bridgehead atoms. The average molecular weight is 417 g/mol. The summed E-state index contributed by atoms with van der Waals surface area (Å²) in [4.78, 5) is 11.1. The summed E-state index contributed by atoms with van der Waals surface area (Å²) in [5.74, 6) is 0. The van der Waals surface area contributed by atoms with Gasteiger partial charge >= 0.3 is 0 Å². The number of hydrogen-bond donors (Lipinski definition) is 1. The number of hydrogen-bond acceptors (Lipinski definition) is 4. The molecule has 0 fully saturated rings. The molecule has 6 heteroatoms. The Hall–Kier alpha value is -0.276. The van der Waals surface area contributed by atoms with Crippen molar-refractivity contribution in [3.63, 3.8) is 0 Å². The van der Waals surface area contributed by atoms with E-state index in [-0.39, 0.29) is 16.2 Å². The molecule has 1 N–H and O–H groups in total. The van der Waals surface area contributed by atoms with Crippen molar-refractivity contribution in [1.29, 1.82) is 0 Å². The molecule has 0 aliphatic heterocycles. The van der Waals surface area contributed by atoms with E-state index in [9.17, 15) is 9.90 Å². The Labute approximate surface area is 170 Å². The van der Waals surface area contributed by atoms with Crippen molar-refractivity contribution in [1.82, 2.24) is 0 Å². The Kier molecular flexibility index (Phi) is 9.38. The highest BCUT2D eigenvalue weighted by Crippen LogP contribution is 2.39. The van der Waals surface area contributed by atoms with E-state index >= 15 is 0 Å². The van der Waals surface area contributed by atoms with E-state index in [0.717, 1.165) is 6.29 Å². The molecule has 0 heterocycles. The first-order valence-electron chi connectivity index (χ1n) is 10.0. The van der Waals surface area contributed by atoms with E-state index < -0.39 is 28.8 Å². The second-order valence-electron chi connectivity index (χ2n) is 10.9. The monoisotopic (exact) mass is 416 g/mol. The maximum Gasteiger partial charge on any atom is 0.193 e. The summed E-state index contributed by atoms with van der Waals surface area (Å²) < 4.78 is 12.8. The van der Waals surface area contributed by atoms with E-state index in [1.807, 2.05) is 6.92 Å². The van der Waals surface area contributed by atoms with Gasteiger partial charge in [0.1, 0.15) is 6.29 Å². The minimum absolute atomic E-state index is 0.0249. The molecule has 0 spiro atoms. The third kappa shape index (κ3) is 8.32. The first-order valence-corrected chi connectivity index (χ1v) is 15.8. The van der Waals surface area contributed by atoms with Gasteiger partial charge in [-0.05, 0) is 61.8 Å². The molecule has 0 rings (SSSR count). The lowest BCUT2D eigenvalue weighted by Gasteiger charge is -2.41. The Balaban J connectivity index is 5.38. The SMILES string of the molecule is C/C(C=O)=C\[C@@H](O[Si](C)(C)C(C)(C)C)[C@H](O)CC(C)O[Si](C)(C)C(C)(C)C. The number of rotatable bonds is 9. The Morgan fingerprint density at radius 2 is 1.37 bits per heavy atom. The summed E-state index contributed by atoms with van der Waals surface area (Å²) in [6, 6.07) is 0. The summed E-state index contributed by atoms with van der Waals surface area (Å²) in [5, 5.41) is 11.1. The van der Waals surface area contributed by atoms with Gasteiger partial charge in [0.05, 0.1) is 12.2 Å². The van der Waals surface area contributed by atoms with Crippen LogP contribution in [0.4, 0.5) is 0 Å². The highest BCUT2D eigenvalue weighted by atomic mass is 28.4. The summed E-state index contributed by atoms with van der Waals surface area (Å²) in [7, 11) is -3.99. The van der Waals surface area contributed by atoms with Crippen LogP contribution in [-0.4, -0.2) is 46.3 Å². The van der Waals surface area contributed by atoms with Gasteiger partial charge in [-0.2, -0.15) is 0 Å². The van der Waals surface area contributed by atoms with Gasteiger partial charge < -0.3 is 14.0 Å². The maximum absolute atomic E-state index is 11.1.